The van der Waals surface area contributed by atoms with Crippen molar-refractivity contribution in [1.82, 2.24) is 5.32 Å². The van der Waals surface area contributed by atoms with Crippen LogP contribution in [0.15, 0.2) is 24.3 Å². The third-order valence-corrected chi connectivity index (χ3v) is 3.14. The summed E-state index contributed by atoms with van der Waals surface area (Å²) in [4.78, 5) is 14.4. The molecular weight excluding hydrogens is 258 g/mol. The molecule has 104 valence electrons. The lowest BCUT2D eigenvalue weighted by Gasteiger charge is -2.18. The van der Waals surface area contributed by atoms with Crippen molar-refractivity contribution in [3.63, 3.8) is 0 Å². The maximum absolute atomic E-state index is 12.2. The first-order chi connectivity index (χ1) is 8.95. The lowest BCUT2D eigenvalue weighted by molar-refractivity contribution is 0.0945. The molecule has 1 unspecified atom stereocenters. The highest BCUT2D eigenvalue weighted by atomic mass is 32.1. The third-order valence-electron chi connectivity index (χ3n) is 2.85. The number of thiocarbonyl (C=S) groups is 1. The average molecular weight is 279 g/mol. The van der Waals surface area contributed by atoms with Gasteiger partial charge >= 0.3 is 0 Å². The molecule has 4 nitrogen and oxygen atoms in total. The van der Waals surface area contributed by atoms with E-state index in [9.17, 15) is 4.79 Å². The summed E-state index contributed by atoms with van der Waals surface area (Å²) < 4.78 is 0. The number of hydrogen-bond acceptors (Lipinski definition) is 3. The molecule has 0 bridgehead atoms. The maximum Gasteiger partial charge on any atom is 0.251 e. The molecule has 1 atom stereocenters. The molecule has 0 aliphatic rings. The van der Waals surface area contributed by atoms with E-state index in [1.165, 1.54) is 0 Å². The SMILES string of the molecule is CCCC(NC(=O)c1cccc(N(C)C)c1)C(N)=S. The summed E-state index contributed by atoms with van der Waals surface area (Å²) in [6.07, 6.45) is 1.68. The second-order valence-electron chi connectivity index (χ2n) is 4.66. The summed E-state index contributed by atoms with van der Waals surface area (Å²) in [5, 5.41) is 2.88. The number of benzene rings is 1. The second kappa shape index (κ2) is 7.09. The van der Waals surface area contributed by atoms with Gasteiger partial charge in [-0.2, -0.15) is 0 Å². The van der Waals surface area contributed by atoms with Gasteiger partial charge < -0.3 is 16.0 Å². The fourth-order valence-electron chi connectivity index (χ4n) is 1.74. The van der Waals surface area contributed by atoms with Crippen LogP contribution in [0.2, 0.25) is 0 Å². The highest BCUT2D eigenvalue weighted by Crippen LogP contribution is 2.13. The number of nitrogens with two attached hydrogens (primary N) is 1. The van der Waals surface area contributed by atoms with Crippen LogP contribution in [0.5, 0.6) is 0 Å². The van der Waals surface area contributed by atoms with Gasteiger partial charge in [-0.1, -0.05) is 31.6 Å². The molecule has 5 heteroatoms. The Morgan fingerprint density at radius 1 is 1.47 bits per heavy atom. The molecule has 0 spiro atoms. The molecule has 0 heterocycles. The first-order valence-corrected chi connectivity index (χ1v) is 6.74. The Morgan fingerprint density at radius 2 is 2.16 bits per heavy atom. The van der Waals surface area contributed by atoms with Gasteiger partial charge in [-0.25, -0.2) is 0 Å². The summed E-state index contributed by atoms with van der Waals surface area (Å²) in [6, 6.07) is 7.20. The molecule has 0 aromatic heterocycles. The fourth-order valence-corrected chi connectivity index (χ4v) is 1.92. The summed E-state index contributed by atoms with van der Waals surface area (Å²) in [6.45, 7) is 2.03. The predicted octanol–water partition coefficient (Wildman–Crippen LogP) is 1.94. The van der Waals surface area contributed by atoms with E-state index in [1.54, 1.807) is 6.07 Å². The first-order valence-electron chi connectivity index (χ1n) is 6.33. The molecule has 1 aromatic rings. The maximum atomic E-state index is 12.2. The molecule has 1 rings (SSSR count). The zero-order valence-corrected chi connectivity index (χ0v) is 12.5. The first kappa shape index (κ1) is 15.4. The lowest BCUT2D eigenvalue weighted by atomic mass is 10.1. The van der Waals surface area contributed by atoms with E-state index in [2.05, 4.69) is 5.32 Å². The number of rotatable bonds is 6. The second-order valence-corrected chi connectivity index (χ2v) is 5.13. The molecule has 0 saturated heterocycles. The third kappa shape index (κ3) is 4.52. The minimum absolute atomic E-state index is 0.144. The van der Waals surface area contributed by atoms with Crippen molar-refractivity contribution in [3.8, 4) is 0 Å². The van der Waals surface area contributed by atoms with E-state index < -0.39 is 0 Å². The Hall–Kier alpha value is -1.62. The standard InChI is InChI=1S/C14H21N3OS/c1-4-6-12(13(15)19)16-14(18)10-7-5-8-11(9-10)17(2)3/h5,7-9,12H,4,6H2,1-3H3,(H2,15,19)(H,16,18). The van der Waals surface area contributed by atoms with Crippen LogP contribution < -0.4 is 16.0 Å². The summed E-state index contributed by atoms with van der Waals surface area (Å²) >= 11 is 4.97. The number of hydrogen-bond donors (Lipinski definition) is 2. The van der Waals surface area contributed by atoms with Gasteiger partial charge in [0.25, 0.3) is 5.91 Å². The van der Waals surface area contributed by atoms with Crippen molar-refractivity contribution in [3.05, 3.63) is 29.8 Å². The number of nitrogens with one attached hydrogen (secondary N) is 1. The zero-order valence-electron chi connectivity index (χ0n) is 11.6. The minimum Gasteiger partial charge on any atom is -0.392 e. The Morgan fingerprint density at radius 3 is 2.68 bits per heavy atom. The Kier molecular flexibility index (Phi) is 5.76. The molecule has 0 aliphatic heterocycles. The Balaban J connectivity index is 2.82. The molecule has 0 saturated carbocycles. The fraction of sp³-hybridized carbons (Fsp3) is 0.429. The van der Waals surface area contributed by atoms with Gasteiger partial charge in [-0.05, 0) is 24.6 Å². The van der Waals surface area contributed by atoms with Gasteiger partial charge in [0.2, 0.25) is 0 Å². The number of nitrogens with zero attached hydrogens (tertiary/aromatic N) is 1. The molecule has 1 aromatic carbocycles. The van der Waals surface area contributed by atoms with Gasteiger partial charge in [-0.15, -0.1) is 0 Å². The molecular formula is C14H21N3OS. The number of anilines is 1. The van der Waals surface area contributed by atoms with Gasteiger partial charge in [0.1, 0.15) is 0 Å². The van der Waals surface area contributed by atoms with Crippen molar-refractivity contribution in [2.75, 3.05) is 19.0 Å². The van der Waals surface area contributed by atoms with Crippen LogP contribution in [0, 0.1) is 0 Å². The van der Waals surface area contributed by atoms with Crippen molar-refractivity contribution in [2.24, 2.45) is 5.73 Å². The van der Waals surface area contributed by atoms with Gasteiger partial charge in [0.15, 0.2) is 0 Å². The number of carbonyl (C=O) groups excluding carboxylic acids is 1. The van der Waals surface area contributed by atoms with E-state index >= 15 is 0 Å². The molecule has 3 N–H and O–H groups in total. The smallest absolute Gasteiger partial charge is 0.251 e. The van der Waals surface area contributed by atoms with Gasteiger partial charge in [0, 0.05) is 25.3 Å². The Labute approximate surface area is 120 Å². The molecule has 1 amide bonds. The van der Waals surface area contributed by atoms with E-state index in [-0.39, 0.29) is 11.9 Å². The van der Waals surface area contributed by atoms with Crippen molar-refractivity contribution in [2.45, 2.75) is 25.8 Å². The molecule has 0 radical (unpaired) electrons. The van der Waals surface area contributed by atoms with Crippen molar-refractivity contribution >= 4 is 28.8 Å². The van der Waals surface area contributed by atoms with E-state index in [4.69, 9.17) is 18.0 Å². The van der Waals surface area contributed by atoms with Gasteiger partial charge in [0.05, 0.1) is 11.0 Å². The average Bonchev–Trinajstić information content (AvgIpc) is 2.38. The van der Waals surface area contributed by atoms with E-state index in [0.29, 0.717) is 10.6 Å². The summed E-state index contributed by atoms with van der Waals surface area (Å²) in [7, 11) is 3.87. The molecule has 0 fully saturated rings. The van der Waals surface area contributed by atoms with Gasteiger partial charge in [-0.3, -0.25) is 4.79 Å². The molecule has 19 heavy (non-hydrogen) atoms. The zero-order chi connectivity index (χ0) is 14.4. The normalized spacial score (nSPS) is 11.7. The molecule has 0 aliphatic carbocycles. The topological polar surface area (TPSA) is 58.4 Å². The van der Waals surface area contributed by atoms with Crippen LogP contribution in [0.25, 0.3) is 0 Å². The lowest BCUT2D eigenvalue weighted by Crippen LogP contribution is -2.43. The Bertz CT molecular complexity index is 460. The largest absolute Gasteiger partial charge is 0.392 e. The minimum atomic E-state index is -0.240. The van der Waals surface area contributed by atoms with Crippen LogP contribution >= 0.6 is 12.2 Å². The highest BCUT2D eigenvalue weighted by molar-refractivity contribution is 7.80. The van der Waals surface area contributed by atoms with E-state index in [1.807, 2.05) is 44.1 Å². The van der Waals surface area contributed by atoms with Crippen molar-refractivity contribution < 1.29 is 4.79 Å². The van der Waals surface area contributed by atoms with Crippen LogP contribution in [-0.4, -0.2) is 31.0 Å². The van der Waals surface area contributed by atoms with Crippen LogP contribution in [0.4, 0.5) is 5.69 Å². The summed E-state index contributed by atoms with van der Waals surface area (Å²) in [5.41, 5.74) is 7.23. The predicted molar refractivity (Wildman–Crippen MR) is 83.7 cm³/mol. The highest BCUT2D eigenvalue weighted by Gasteiger charge is 2.15. The van der Waals surface area contributed by atoms with E-state index in [0.717, 1.165) is 18.5 Å². The van der Waals surface area contributed by atoms with Crippen LogP contribution in [0.1, 0.15) is 30.1 Å². The monoisotopic (exact) mass is 279 g/mol. The number of carbonyl (C=O) groups is 1. The quantitative estimate of drug-likeness (QED) is 0.781. The van der Waals surface area contributed by atoms with Crippen LogP contribution in [0.3, 0.4) is 0 Å². The van der Waals surface area contributed by atoms with Crippen LogP contribution in [-0.2, 0) is 0 Å². The summed E-state index contributed by atoms with van der Waals surface area (Å²) in [5.74, 6) is -0.144. The number of amides is 1. The van der Waals surface area contributed by atoms with Crippen molar-refractivity contribution in [1.29, 1.82) is 0 Å².